The molecule has 2 aromatic rings. The van der Waals surface area contributed by atoms with Crippen LogP contribution in [0.3, 0.4) is 0 Å². The number of hydrogen-bond acceptors (Lipinski definition) is 5. The van der Waals surface area contributed by atoms with Crippen molar-refractivity contribution in [3.05, 3.63) is 53.6 Å². The van der Waals surface area contributed by atoms with Crippen LogP contribution >= 0.6 is 0 Å². The summed E-state index contributed by atoms with van der Waals surface area (Å²) in [5, 5.41) is 2.74. The van der Waals surface area contributed by atoms with E-state index >= 15 is 0 Å². The van der Waals surface area contributed by atoms with Gasteiger partial charge in [-0.1, -0.05) is 26.0 Å². The minimum absolute atomic E-state index is 0.0828. The van der Waals surface area contributed by atoms with Gasteiger partial charge in [0.1, 0.15) is 0 Å². The van der Waals surface area contributed by atoms with Crippen molar-refractivity contribution in [1.29, 1.82) is 0 Å². The molecule has 2 aromatic carbocycles. The third-order valence-corrected chi connectivity index (χ3v) is 7.54. The van der Waals surface area contributed by atoms with Crippen molar-refractivity contribution in [3.63, 3.8) is 0 Å². The van der Waals surface area contributed by atoms with E-state index in [1.54, 1.807) is 18.2 Å². The first-order valence-corrected chi connectivity index (χ1v) is 12.5. The number of rotatable bonds is 9. The second kappa shape index (κ2) is 11.1. The van der Waals surface area contributed by atoms with Crippen LogP contribution in [0.2, 0.25) is 0 Å². The number of nitrogens with one attached hydrogen (secondary N) is 1. The molecule has 0 bridgehead atoms. The quantitative estimate of drug-likeness (QED) is 0.569. The Kier molecular flexibility index (Phi) is 8.48. The lowest BCUT2D eigenvalue weighted by Crippen LogP contribution is -2.42. The Balaban J connectivity index is 1.65. The van der Waals surface area contributed by atoms with Gasteiger partial charge in [0.15, 0.2) is 11.5 Å². The smallest absolute Gasteiger partial charge is 0.387 e. The van der Waals surface area contributed by atoms with Crippen molar-refractivity contribution in [3.8, 4) is 11.5 Å². The molecule has 1 amide bonds. The van der Waals surface area contributed by atoms with Gasteiger partial charge in [-0.2, -0.15) is 13.1 Å². The van der Waals surface area contributed by atoms with Crippen LogP contribution in [0.1, 0.15) is 36.2 Å². The van der Waals surface area contributed by atoms with Crippen LogP contribution < -0.4 is 14.8 Å². The molecule has 10 heteroatoms. The van der Waals surface area contributed by atoms with Gasteiger partial charge >= 0.3 is 6.61 Å². The zero-order chi connectivity index (χ0) is 24.9. The second-order valence-electron chi connectivity index (χ2n) is 8.67. The van der Waals surface area contributed by atoms with Crippen LogP contribution in [0.25, 0.3) is 0 Å². The van der Waals surface area contributed by atoms with E-state index in [0.717, 1.165) is 6.42 Å². The summed E-state index contributed by atoms with van der Waals surface area (Å²) in [5.41, 5.74) is 0.900. The molecule has 3 rings (SSSR count). The number of carbonyl (C=O) groups is 1. The van der Waals surface area contributed by atoms with E-state index in [-0.39, 0.29) is 40.3 Å². The molecule has 34 heavy (non-hydrogen) atoms. The van der Waals surface area contributed by atoms with E-state index < -0.39 is 22.5 Å². The van der Waals surface area contributed by atoms with Crippen molar-refractivity contribution >= 4 is 15.9 Å². The molecule has 2 atom stereocenters. The summed E-state index contributed by atoms with van der Waals surface area (Å²) in [6, 6.07) is 10.6. The maximum absolute atomic E-state index is 13.1. The van der Waals surface area contributed by atoms with Gasteiger partial charge < -0.3 is 14.8 Å². The maximum atomic E-state index is 13.1. The van der Waals surface area contributed by atoms with Gasteiger partial charge in [-0.3, -0.25) is 4.79 Å². The van der Waals surface area contributed by atoms with Crippen molar-refractivity contribution < 1.29 is 31.5 Å². The highest BCUT2D eigenvalue weighted by molar-refractivity contribution is 7.89. The molecule has 0 radical (unpaired) electrons. The van der Waals surface area contributed by atoms with Gasteiger partial charge in [0.25, 0.3) is 5.91 Å². The van der Waals surface area contributed by atoms with Crippen molar-refractivity contribution in [2.75, 3.05) is 26.7 Å². The molecule has 0 spiro atoms. The minimum Gasteiger partial charge on any atom is -0.493 e. The first-order valence-electron chi connectivity index (χ1n) is 11.1. The number of carbonyl (C=O) groups excluding carboxylic acids is 1. The molecule has 1 aliphatic heterocycles. The van der Waals surface area contributed by atoms with E-state index in [4.69, 9.17) is 4.74 Å². The molecule has 1 aliphatic rings. The van der Waals surface area contributed by atoms with Gasteiger partial charge in [0.05, 0.1) is 12.0 Å². The standard InChI is InChI=1S/C24H30F2N2O5S/c1-16-11-17(2)15-28(14-16)34(30,31)20-6-4-5-19(13-20)23(29)27-10-9-18-7-8-21(32-3)22(12-18)33-24(25)26/h4-8,12-13,16-17,24H,9-11,14-15H2,1-3H3,(H,27,29). The van der Waals surface area contributed by atoms with Gasteiger partial charge in [0.2, 0.25) is 10.0 Å². The Hall–Kier alpha value is -2.72. The van der Waals surface area contributed by atoms with E-state index in [1.165, 1.54) is 35.7 Å². The highest BCUT2D eigenvalue weighted by Gasteiger charge is 2.32. The topological polar surface area (TPSA) is 84.9 Å². The number of nitrogens with zero attached hydrogens (tertiary/aromatic N) is 1. The van der Waals surface area contributed by atoms with Crippen molar-refractivity contribution in [2.45, 2.75) is 38.2 Å². The number of ether oxygens (including phenoxy) is 2. The molecule has 1 saturated heterocycles. The molecular formula is C24H30F2N2O5S. The van der Waals surface area contributed by atoms with Gasteiger partial charge in [0, 0.05) is 25.2 Å². The number of piperidine rings is 1. The predicted octanol–water partition coefficient (Wildman–Crippen LogP) is 3.94. The van der Waals surface area contributed by atoms with Crippen molar-refractivity contribution in [1.82, 2.24) is 9.62 Å². The molecule has 1 N–H and O–H groups in total. The summed E-state index contributed by atoms with van der Waals surface area (Å²) in [4.78, 5) is 12.7. The van der Waals surface area contributed by atoms with E-state index in [1.807, 2.05) is 13.8 Å². The average Bonchev–Trinajstić information content (AvgIpc) is 2.78. The van der Waals surface area contributed by atoms with Crippen LogP contribution in [0.5, 0.6) is 11.5 Å². The fourth-order valence-electron chi connectivity index (χ4n) is 4.24. The monoisotopic (exact) mass is 496 g/mol. The molecule has 186 valence electrons. The first kappa shape index (κ1) is 25.9. The Bertz CT molecular complexity index is 1100. The second-order valence-corrected chi connectivity index (χ2v) is 10.6. The van der Waals surface area contributed by atoms with Crippen LogP contribution in [0.15, 0.2) is 47.4 Å². The van der Waals surface area contributed by atoms with Gasteiger partial charge in [-0.15, -0.1) is 0 Å². The molecule has 1 fully saturated rings. The molecular weight excluding hydrogens is 466 g/mol. The average molecular weight is 497 g/mol. The molecule has 0 saturated carbocycles. The normalized spacial score (nSPS) is 19.1. The van der Waals surface area contributed by atoms with Crippen LogP contribution in [0, 0.1) is 11.8 Å². The van der Waals surface area contributed by atoms with E-state index in [0.29, 0.717) is 25.1 Å². The van der Waals surface area contributed by atoms with Gasteiger partial charge in [-0.25, -0.2) is 8.42 Å². The molecule has 1 heterocycles. The maximum Gasteiger partial charge on any atom is 0.387 e. The first-order chi connectivity index (χ1) is 16.1. The van der Waals surface area contributed by atoms with Gasteiger partial charge in [-0.05, 0) is 60.6 Å². The number of methoxy groups -OCH3 is 1. The third kappa shape index (κ3) is 6.44. The fraction of sp³-hybridized carbons (Fsp3) is 0.458. The summed E-state index contributed by atoms with van der Waals surface area (Å²) < 4.78 is 62.5. The summed E-state index contributed by atoms with van der Waals surface area (Å²) in [7, 11) is -2.35. The lowest BCUT2D eigenvalue weighted by Gasteiger charge is -2.34. The Morgan fingerprint density at radius 2 is 1.82 bits per heavy atom. The number of sulfonamides is 1. The fourth-order valence-corrected chi connectivity index (χ4v) is 5.96. The van der Waals surface area contributed by atoms with Crippen LogP contribution in [-0.4, -0.2) is 52.0 Å². The van der Waals surface area contributed by atoms with Crippen LogP contribution in [-0.2, 0) is 16.4 Å². The zero-order valence-electron chi connectivity index (χ0n) is 19.5. The largest absolute Gasteiger partial charge is 0.493 e. The minimum atomic E-state index is -3.70. The van der Waals surface area contributed by atoms with E-state index in [9.17, 15) is 22.0 Å². The Labute approximate surface area is 199 Å². The number of hydrogen-bond donors (Lipinski definition) is 1. The van der Waals surface area contributed by atoms with E-state index in [2.05, 4.69) is 10.1 Å². The summed E-state index contributed by atoms with van der Waals surface area (Å²) in [5.74, 6) is 0.225. The molecule has 0 aromatic heterocycles. The summed E-state index contributed by atoms with van der Waals surface area (Å²) >= 11 is 0. The Morgan fingerprint density at radius 3 is 2.47 bits per heavy atom. The summed E-state index contributed by atoms with van der Waals surface area (Å²) in [6.45, 7) is 2.23. The molecule has 0 aliphatic carbocycles. The highest BCUT2D eigenvalue weighted by Crippen LogP contribution is 2.30. The predicted molar refractivity (Wildman–Crippen MR) is 124 cm³/mol. The van der Waals surface area contributed by atoms with Crippen LogP contribution in [0.4, 0.5) is 8.78 Å². The van der Waals surface area contributed by atoms with Crippen molar-refractivity contribution in [2.24, 2.45) is 11.8 Å². The Morgan fingerprint density at radius 1 is 1.12 bits per heavy atom. The number of alkyl halides is 2. The third-order valence-electron chi connectivity index (χ3n) is 5.71. The molecule has 7 nitrogen and oxygen atoms in total. The lowest BCUT2D eigenvalue weighted by molar-refractivity contribution is -0.0512. The summed E-state index contributed by atoms with van der Waals surface area (Å²) in [6.07, 6.45) is 1.34. The number of halogens is 2. The lowest BCUT2D eigenvalue weighted by atomic mass is 9.94. The number of amides is 1. The SMILES string of the molecule is COc1ccc(CCNC(=O)c2cccc(S(=O)(=O)N3CC(C)CC(C)C3)c2)cc1OC(F)F. The molecule has 2 unspecified atom stereocenters. The highest BCUT2D eigenvalue weighted by atomic mass is 32.2. The number of benzene rings is 2. The zero-order valence-corrected chi connectivity index (χ0v) is 20.3.